The zero-order chi connectivity index (χ0) is 11.4. The molecule has 0 saturated heterocycles. The van der Waals surface area contributed by atoms with Gasteiger partial charge in [0.1, 0.15) is 0 Å². The van der Waals surface area contributed by atoms with Crippen molar-refractivity contribution in [2.45, 2.75) is 13.3 Å². The second kappa shape index (κ2) is 5.21. The fraction of sp³-hybridized carbons (Fsp3) is 0.300. The molecule has 0 bridgehead atoms. The smallest absolute Gasteiger partial charge is 0.264 e. The van der Waals surface area contributed by atoms with Gasteiger partial charge in [-0.3, -0.25) is 4.79 Å². The average Bonchev–Trinajstić information content (AvgIpc) is 2.18. The van der Waals surface area contributed by atoms with Gasteiger partial charge in [0.2, 0.25) is 0 Å². The minimum atomic E-state index is -2.59. The highest BCUT2D eigenvalue weighted by atomic mass is 79.9. The number of benzene rings is 1. The van der Waals surface area contributed by atoms with Crippen molar-refractivity contribution in [3.05, 3.63) is 33.8 Å². The predicted octanol–water partition coefficient (Wildman–Crippen LogP) is 3.14. The highest BCUT2D eigenvalue weighted by Crippen LogP contribution is 2.28. The van der Waals surface area contributed by atoms with Crippen LogP contribution >= 0.6 is 15.9 Å². The molecule has 0 aromatic heterocycles. The minimum absolute atomic E-state index is 0.168. The molecule has 1 aromatic rings. The van der Waals surface area contributed by atoms with E-state index in [9.17, 15) is 13.6 Å². The molecule has 0 aliphatic rings. The van der Waals surface area contributed by atoms with Crippen molar-refractivity contribution in [3.8, 4) is 0 Å². The molecule has 15 heavy (non-hydrogen) atoms. The Kier molecular flexibility index (Phi) is 4.20. The molecule has 0 aliphatic heterocycles. The number of hydrogen-bond acceptors (Lipinski definition) is 1. The maximum atomic E-state index is 12.5. The molecule has 0 radical (unpaired) electrons. The molecule has 1 N–H and O–H groups in total. The van der Waals surface area contributed by atoms with Crippen LogP contribution in [0.15, 0.2) is 22.7 Å². The molecule has 1 rings (SSSR count). The van der Waals surface area contributed by atoms with E-state index in [1.54, 1.807) is 6.92 Å². The van der Waals surface area contributed by atoms with Crippen molar-refractivity contribution >= 4 is 21.8 Å². The zero-order valence-electron chi connectivity index (χ0n) is 8.06. The Morgan fingerprint density at radius 3 is 2.73 bits per heavy atom. The summed E-state index contributed by atoms with van der Waals surface area (Å²) < 4.78 is 25.3. The van der Waals surface area contributed by atoms with Crippen LogP contribution in [-0.4, -0.2) is 12.5 Å². The van der Waals surface area contributed by atoms with Crippen molar-refractivity contribution < 1.29 is 13.6 Å². The Morgan fingerprint density at radius 1 is 1.53 bits per heavy atom. The third-order valence-corrected chi connectivity index (χ3v) is 2.55. The SMILES string of the molecule is CCNC(=O)c1ccc(Br)c(C(F)F)c1. The summed E-state index contributed by atoms with van der Waals surface area (Å²) in [6.45, 7) is 2.24. The molecule has 5 heteroatoms. The van der Waals surface area contributed by atoms with Gasteiger partial charge in [0.15, 0.2) is 0 Å². The maximum absolute atomic E-state index is 12.5. The molecule has 0 aliphatic carbocycles. The van der Waals surface area contributed by atoms with Gasteiger partial charge in [0, 0.05) is 22.1 Å². The summed E-state index contributed by atoms with van der Waals surface area (Å²) in [5.74, 6) is -0.341. The third kappa shape index (κ3) is 2.99. The van der Waals surface area contributed by atoms with Gasteiger partial charge in [-0.05, 0) is 25.1 Å². The quantitative estimate of drug-likeness (QED) is 0.904. The number of carbonyl (C=O) groups excluding carboxylic acids is 1. The minimum Gasteiger partial charge on any atom is -0.352 e. The van der Waals surface area contributed by atoms with Crippen LogP contribution in [0.5, 0.6) is 0 Å². The summed E-state index contributed by atoms with van der Waals surface area (Å²) in [4.78, 5) is 11.4. The summed E-state index contributed by atoms with van der Waals surface area (Å²) >= 11 is 3.01. The van der Waals surface area contributed by atoms with E-state index >= 15 is 0 Å². The van der Waals surface area contributed by atoms with Crippen LogP contribution in [-0.2, 0) is 0 Å². The van der Waals surface area contributed by atoms with Crippen LogP contribution in [0.3, 0.4) is 0 Å². The van der Waals surface area contributed by atoms with Crippen LogP contribution in [0, 0.1) is 0 Å². The standard InChI is InChI=1S/C10H10BrF2NO/c1-2-14-10(15)6-3-4-8(11)7(5-6)9(12)13/h3-5,9H,2H2,1H3,(H,14,15). The summed E-state index contributed by atoms with van der Waals surface area (Å²) in [6, 6.07) is 4.15. The van der Waals surface area contributed by atoms with Gasteiger partial charge in [0.05, 0.1) is 0 Å². The van der Waals surface area contributed by atoms with Crippen molar-refractivity contribution in [2.24, 2.45) is 0 Å². The molecule has 82 valence electrons. The Morgan fingerprint density at radius 2 is 2.20 bits per heavy atom. The molecule has 2 nitrogen and oxygen atoms in total. The fourth-order valence-electron chi connectivity index (χ4n) is 1.11. The summed E-state index contributed by atoms with van der Waals surface area (Å²) in [5, 5.41) is 2.55. The Balaban J connectivity index is 3.02. The Labute approximate surface area is 94.8 Å². The van der Waals surface area contributed by atoms with Gasteiger partial charge in [-0.1, -0.05) is 15.9 Å². The fourth-order valence-corrected chi connectivity index (χ4v) is 1.53. The molecule has 1 aromatic carbocycles. The first-order valence-electron chi connectivity index (χ1n) is 4.42. The first-order valence-corrected chi connectivity index (χ1v) is 5.21. The second-order valence-corrected chi connectivity index (χ2v) is 3.75. The van der Waals surface area contributed by atoms with Crippen LogP contribution < -0.4 is 5.32 Å². The lowest BCUT2D eigenvalue weighted by Gasteiger charge is -2.06. The van der Waals surface area contributed by atoms with Crippen LogP contribution in [0.4, 0.5) is 8.78 Å². The van der Waals surface area contributed by atoms with E-state index in [0.29, 0.717) is 11.0 Å². The number of alkyl halides is 2. The first kappa shape index (κ1) is 12.1. The average molecular weight is 278 g/mol. The molecular formula is C10H10BrF2NO. The summed E-state index contributed by atoms with van der Waals surface area (Å²) in [6.07, 6.45) is -2.59. The van der Waals surface area contributed by atoms with Gasteiger partial charge < -0.3 is 5.32 Å². The van der Waals surface area contributed by atoms with Gasteiger partial charge in [-0.25, -0.2) is 8.78 Å². The van der Waals surface area contributed by atoms with Gasteiger partial charge in [-0.2, -0.15) is 0 Å². The lowest BCUT2D eigenvalue weighted by Crippen LogP contribution is -2.22. The van der Waals surface area contributed by atoms with E-state index in [4.69, 9.17) is 0 Å². The van der Waals surface area contributed by atoms with Crippen molar-refractivity contribution in [3.63, 3.8) is 0 Å². The van der Waals surface area contributed by atoms with Crippen molar-refractivity contribution in [2.75, 3.05) is 6.54 Å². The molecule has 0 heterocycles. The number of nitrogens with one attached hydrogen (secondary N) is 1. The monoisotopic (exact) mass is 277 g/mol. The number of carbonyl (C=O) groups is 1. The molecule has 0 unspecified atom stereocenters. The zero-order valence-corrected chi connectivity index (χ0v) is 9.64. The summed E-state index contributed by atoms with van der Waals surface area (Å²) in [5.41, 5.74) is 0.0779. The highest BCUT2D eigenvalue weighted by Gasteiger charge is 2.14. The first-order chi connectivity index (χ1) is 7.06. The number of halogens is 3. The van der Waals surface area contributed by atoms with Crippen molar-refractivity contribution in [1.82, 2.24) is 5.32 Å². The molecule has 0 saturated carbocycles. The predicted molar refractivity (Wildman–Crippen MR) is 57.1 cm³/mol. The van der Waals surface area contributed by atoms with Gasteiger partial charge in [0.25, 0.3) is 12.3 Å². The van der Waals surface area contributed by atoms with E-state index in [-0.39, 0.29) is 17.0 Å². The maximum Gasteiger partial charge on any atom is 0.264 e. The molecule has 1 amide bonds. The Hall–Kier alpha value is -0.970. The van der Waals surface area contributed by atoms with Crippen LogP contribution in [0.1, 0.15) is 29.3 Å². The summed E-state index contributed by atoms with van der Waals surface area (Å²) in [7, 11) is 0. The van der Waals surface area contributed by atoms with Crippen LogP contribution in [0.2, 0.25) is 0 Å². The number of amides is 1. The van der Waals surface area contributed by atoms with E-state index < -0.39 is 6.43 Å². The van der Waals surface area contributed by atoms with Crippen LogP contribution in [0.25, 0.3) is 0 Å². The van der Waals surface area contributed by atoms with Gasteiger partial charge in [-0.15, -0.1) is 0 Å². The molecule has 0 atom stereocenters. The molecule has 0 fully saturated rings. The second-order valence-electron chi connectivity index (χ2n) is 2.90. The topological polar surface area (TPSA) is 29.1 Å². The van der Waals surface area contributed by atoms with E-state index in [0.717, 1.165) is 0 Å². The lowest BCUT2D eigenvalue weighted by atomic mass is 10.1. The lowest BCUT2D eigenvalue weighted by molar-refractivity contribution is 0.0955. The van der Waals surface area contributed by atoms with E-state index in [1.165, 1.54) is 18.2 Å². The number of hydrogen-bond donors (Lipinski definition) is 1. The van der Waals surface area contributed by atoms with E-state index in [2.05, 4.69) is 21.2 Å². The van der Waals surface area contributed by atoms with Crippen molar-refractivity contribution in [1.29, 1.82) is 0 Å². The molecular weight excluding hydrogens is 268 g/mol. The normalized spacial score (nSPS) is 10.5. The Bertz CT molecular complexity index is 368. The highest BCUT2D eigenvalue weighted by molar-refractivity contribution is 9.10. The van der Waals surface area contributed by atoms with E-state index in [1.807, 2.05) is 0 Å². The molecule has 0 spiro atoms. The van der Waals surface area contributed by atoms with Gasteiger partial charge >= 0.3 is 0 Å². The largest absolute Gasteiger partial charge is 0.352 e. The third-order valence-electron chi connectivity index (χ3n) is 1.83. The number of rotatable bonds is 3.